The van der Waals surface area contributed by atoms with Gasteiger partial charge in [0, 0.05) is 16.5 Å². The smallest absolute Gasteiger partial charge is 0.131 e. The summed E-state index contributed by atoms with van der Waals surface area (Å²) in [4.78, 5) is 0.750. The molecule has 0 aliphatic carbocycles. The van der Waals surface area contributed by atoms with Crippen molar-refractivity contribution in [3.63, 3.8) is 0 Å². The van der Waals surface area contributed by atoms with Crippen LogP contribution in [0.4, 0.5) is 8.78 Å². The van der Waals surface area contributed by atoms with Crippen LogP contribution in [0, 0.1) is 18.6 Å². The topological polar surface area (TPSA) is 0 Å². The third-order valence-corrected chi connectivity index (χ3v) is 4.58. The zero-order chi connectivity index (χ0) is 12.6. The fourth-order valence-electron chi connectivity index (χ4n) is 1.47. The highest BCUT2D eigenvalue weighted by atomic mass is 35.5. The number of halogens is 4. The fraction of sp³-hybridized carbons (Fsp3) is 0.167. The number of rotatable bonds is 2. The molecule has 90 valence electrons. The predicted octanol–water partition coefficient (Wildman–Crippen LogP) is 5.32. The lowest BCUT2D eigenvalue weighted by atomic mass is 10.1. The van der Waals surface area contributed by atoms with E-state index in [2.05, 4.69) is 0 Å². The van der Waals surface area contributed by atoms with Crippen LogP contribution >= 0.6 is 34.5 Å². The van der Waals surface area contributed by atoms with Crippen LogP contribution in [0.2, 0.25) is 4.34 Å². The molecule has 1 aromatic heterocycles. The molecule has 0 aliphatic rings. The standard InChI is InChI=1S/C12H8Cl2F2S/c1-6-4-10(17-12(6)14)11(13)8-3-2-7(15)5-9(8)16/h2-5,11H,1H3. The molecule has 2 aromatic rings. The molecule has 1 unspecified atom stereocenters. The van der Waals surface area contributed by atoms with Gasteiger partial charge in [-0.05, 0) is 24.6 Å². The van der Waals surface area contributed by atoms with Crippen molar-refractivity contribution in [2.24, 2.45) is 0 Å². The molecule has 17 heavy (non-hydrogen) atoms. The average molecular weight is 293 g/mol. The monoisotopic (exact) mass is 292 g/mol. The Morgan fingerprint density at radius 1 is 1.24 bits per heavy atom. The highest BCUT2D eigenvalue weighted by Crippen LogP contribution is 2.38. The van der Waals surface area contributed by atoms with Gasteiger partial charge in [0.25, 0.3) is 0 Å². The molecule has 0 fully saturated rings. The van der Waals surface area contributed by atoms with E-state index in [1.54, 1.807) is 0 Å². The van der Waals surface area contributed by atoms with E-state index in [9.17, 15) is 8.78 Å². The Balaban J connectivity index is 2.39. The van der Waals surface area contributed by atoms with Crippen LogP contribution in [0.3, 0.4) is 0 Å². The number of alkyl halides is 1. The summed E-state index contributed by atoms with van der Waals surface area (Å²) in [6.07, 6.45) is 0. The molecular formula is C12H8Cl2F2S. The van der Waals surface area contributed by atoms with Crippen LogP contribution in [0.25, 0.3) is 0 Å². The Hall–Kier alpha value is -0.640. The summed E-state index contributed by atoms with van der Waals surface area (Å²) < 4.78 is 27.0. The number of hydrogen-bond acceptors (Lipinski definition) is 1. The lowest BCUT2D eigenvalue weighted by Crippen LogP contribution is -1.95. The van der Waals surface area contributed by atoms with E-state index in [4.69, 9.17) is 23.2 Å². The molecule has 1 aromatic carbocycles. The first kappa shape index (κ1) is 12.8. The van der Waals surface area contributed by atoms with Gasteiger partial charge >= 0.3 is 0 Å². The molecule has 0 aliphatic heterocycles. The summed E-state index contributed by atoms with van der Waals surface area (Å²) in [5, 5.41) is -0.646. The van der Waals surface area contributed by atoms with Gasteiger partial charge in [-0.25, -0.2) is 8.78 Å². The largest absolute Gasteiger partial charge is 0.207 e. The molecule has 2 rings (SSSR count). The maximum Gasteiger partial charge on any atom is 0.131 e. The second-order valence-corrected chi connectivity index (χ2v) is 5.76. The Morgan fingerprint density at radius 3 is 2.47 bits per heavy atom. The van der Waals surface area contributed by atoms with Gasteiger partial charge in [-0.2, -0.15) is 0 Å². The van der Waals surface area contributed by atoms with E-state index in [0.29, 0.717) is 4.34 Å². The Morgan fingerprint density at radius 2 is 1.94 bits per heavy atom. The van der Waals surface area contributed by atoms with Crippen LogP contribution in [0.15, 0.2) is 24.3 Å². The molecule has 0 amide bonds. The molecule has 0 nitrogen and oxygen atoms in total. The number of thiophene rings is 1. The first-order chi connectivity index (χ1) is 7.99. The third kappa shape index (κ3) is 2.62. The van der Waals surface area contributed by atoms with Crippen molar-refractivity contribution in [2.75, 3.05) is 0 Å². The highest BCUT2D eigenvalue weighted by Gasteiger charge is 2.18. The summed E-state index contributed by atoms with van der Waals surface area (Å²) >= 11 is 13.4. The molecule has 0 bridgehead atoms. The summed E-state index contributed by atoms with van der Waals surface area (Å²) in [5.74, 6) is -1.26. The summed E-state index contributed by atoms with van der Waals surface area (Å²) in [7, 11) is 0. The van der Waals surface area contributed by atoms with Crippen molar-refractivity contribution in [2.45, 2.75) is 12.3 Å². The van der Waals surface area contributed by atoms with Crippen LogP contribution < -0.4 is 0 Å². The third-order valence-electron chi connectivity index (χ3n) is 2.36. The number of benzene rings is 1. The molecule has 1 atom stereocenters. The van der Waals surface area contributed by atoms with Gasteiger partial charge in [-0.1, -0.05) is 17.7 Å². The minimum absolute atomic E-state index is 0.256. The van der Waals surface area contributed by atoms with Crippen molar-refractivity contribution < 1.29 is 8.78 Å². The zero-order valence-corrected chi connectivity index (χ0v) is 11.1. The van der Waals surface area contributed by atoms with Crippen molar-refractivity contribution in [1.29, 1.82) is 0 Å². The first-order valence-electron chi connectivity index (χ1n) is 4.84. The van der Waals surface area contributed by atoms with E-state index in [0.717, 1.165) is 16.5 Å². The lowest BCUT2D eigenvalue weighted by molar-refractivity contribution is 0.574. The van der Waals surface area contributed by atoms with Gasteiger partial charge in [0.05, 0.1) is 9.71 Å². The van der Waals surface area contributed by atoms with E-state index in [1.807, 2.05) is 13.0 Å². The summed E-state index contributed by atoms with van der Waals surface area (Å²) in [6, 6.07) is 5.18. The maximum atomic E-state index is 13.5. The molecule has 0 saturated heterocycles. The first-order valence-corrected chi connectivity index (χ1v) is 6.47. The molecule has 5 heteroatoms. The minimum Gasteiger partial charge on any atom is -0.207 e. The predicted molar refractivity (Wildman–Crippen MR) is 68.1 cm³/mol. The molecule has 0 spiro atoms. The van der Waals surface area contributed by atoms with E-state index < -0.39 is 17.0 Å². The molecule has 0 saturated carbocycles. The Bertz CT molecular complexity index is 532. The lowest BCUT2D eigenvalue weighted by Gasteiger charge is -2.08. The SMILES string of the molecule is Cc1cc(C(Cl)c2ccc(F)cc2F)sc1Cl. The second-order valence-electron chi connectivity index (χ2n) is 3.63. The van der Waals surface area contributed by atoms with Crippen LogP contribution in [0.5, 0.6) is 0 Å². The zero-order valence-electron chi connectivity index (χ0n) is 8.81. The fourth-order valence-corrected chi connectivity index (χ4v) is 3.06. The second kappa shape index (κ2) is 4.92. The summed E-state index contributed by atoms with van der Waals surface area (Å²) in [6.45, 7) is 1.85. The number of hydrogen-bond donors (Lipinski definition) is 0. The average Bonchev–Trinajstić information content (AvgIpc) is 2.58. The van der Waals surface area contributed by atoms with Gasteiger partial charge in [-0.15, -0.1) is 22.9 Å². The van der Waals surface area contributed by atoms with E-state index in [-0.39, 0.29) is 5.56 Å². The van der Waals surface area contributed by atoms with Gasteiger partial charge in [0.1, 0.15) is 11.6 Å². The summed E-state index contributed by atoms with van der Waals surface area (Å²) in [5.41, 5.74) is 1.16. The van der Waals surface area contributed by atoms with Crippen molar-refractivity contribution in [3.05, 3.63) is 56.2 Å². The Labute approximate surface area is 112 Å². The normalized spacial score (nSPS) is 12.8. The van der Waals surface area contributed by atoms with Crippen molar-refractivity contribution >= 4 is 34.5 Å². The molecular weight excluding hydrogens is 285 g/mol. The maximum absolute atomic E-state index is 13.5. The van der Waals surface area contributed by atoms with Gasteiger partial charge < -0.3 is 0 Å². The van der Waals surface area contributed by atoms with Crippen LogP contribution in [-0.4, -0.2) is 0 Å². The molecule has 0 N–H and O–H groups in total. The van der Waals surface area contributed by atoms with Crippen molar-refractivity contribution in [1.82, 2.24) is 0 Å². The Kier molecular flexibility index (Phi) is 3.71. The van der Waals surface area contributed by atoms with Crippen LogP contribution in [-0.2, 0) is 0 Å². The van der Waals surface area contributed by atoms with E-state index in [1.165, 1.54) is 23.5 Å². The van der Waals surface area contributed by atoms with E-state index >= 15 is 0 Å². The van der Waals surface area contributed by atoms with Gasteiger partial charge in [0.2, 0.25) is 0 Å². The van der Waals surface area contributed by atoms with Gasteiger partial charge in [-0.3, -0.25) is 0 Å². The minimum atomic E-state index is -0.646. The van der Waals surface area contributed by atoms with Crippen LogP contribution in [0.1, 0.15) is 21.4 Å². The molecule has 0 radical (unpaired) electrons. The highest BCUT2D eigenvalue weighted by molar-refractivity contribution is 7.16. The quantitative estimate of drug-likeness (QED) is 0.658. The van der Waals surface area contributed by atoms with Crippen molar-refractivity contribution in [3.8, 4) is 0 Å². The number of aryl methyl sites for hydroxylation is 1. The molecule has 1 heterocycles. The van der Waals surface area contributed by atoms with Gasteiger partial charge in [0.15, 0.2) is 0 Å².